The van der Waals surface area contributed by atoms with Gasteiger partial charge in [0.15, 0.2) is 6.29 Å². The van der Waals surface area contributed by atoms with Gasteiger partial charge < -0.3 is 0 Å². The Bertz CT molecular complexity index is 888. The lowest BCUT2D eigenvalue weighted by atomic mass is 10.1. The molecule has 0 spiro atoms. The van der Waals surface area contributed by atoms with Gasteiger partial charge in [-0.2, -0.15) is 5.10 Å². The van der Waals surface area contributed by atoms with E-state index in [1.807, 2.05) is 0 Å². The zero-order valence-electron chi connectivity index (χ0n) is 11.7. The van der Waals surface area contributed by atoms with Crippen LogP contribution in [0.25, 0.3) is 16.9 Å². The third kappa shape index (κ3) is 2.97. The van der Waals surface area contributed by atoms with E-state index in [9.17, 15) is 14.9 Å². The summed E-state index contributed by atoms with van der Waals surface area (Å²) < 4.78 is 1.54. The highest BCUT2D eigenvalue weighted by atomic mass is 35.5. The lowest BCUT2D eigenvalue weighted by Crippen LogP contribution is -1.94. The summed E-state index contributed by atoms with van der Waals surface area (Å²) in [5, 5.41) is 15.9. The average Bonchev–Trinajstić information content (AvgIpc) is 3.00. The van der Waals surface area contributed by atoms with Crippen LogP contribution < -0.4 is 0 Å². The molecule has 23 heavy (non-hydrogen) atoms. The Morgan fingerprint density at radius 3 is 2.57 bits per heavy atom. The van der Waals surface area contributed by atoms with Crippen LogP contribution in [0.4, 0.5) is 5.69 Å². The van der Waals surface area contributed by atoms with Crippen LogP contribution in [0.1, 0.15) is 10.4 Å². The van der Waals surface area contributed by atoms with Crippen molar-refractivity contribution in [3.8, 4) is 16.9 Å². The summed E-state index contributed by atoms with van der Waals surface area (Å²) in [5.41, 5.74) is 1.92. The van der Waals surface area contributed by atoms with Crippen molar-refractivity contribution in [2.24, 2.45) is 0 Å². The first-order chi connectivity index (χ1) is 11.1. The van der Waals surface area contributed by atoms with Gasteiger partial charge in [-0.25, -0.2) is 4.68 Å². The molecule has 3 aromatic rings. The van der Waals surface area contributed by atoms with E-state index in [0.29, 0.717) is 28.1 Å². The number of halogens is 1. The first kappa shape index (κ1) is 14.9. The molecule has 114 valence electrons. The van der Waals surface area contributed by atoms with Gasteiger partial charge in [-0.3, -0.25) is 14.9 Å². The van der Waals surface area contributed by atoms with E-state index in [-0.39, 0.29) is 5.69 Å². The third-order valence-electron chi connectivity index (χ3n) is 3.29. The summed E-state index contributed by atoms with van der Waals surface area (Å²) in [7, 11) is 0. The van der Waals surface area contributed by atoms with Crippen LogP contribution >= 0.6 is 11.6 Å². The Balaban J connectivity index is 2.09. The first-order valence-electron chi connectivity index (χ1n) is 6.64. The normalized spacial score (nSPS) is 10.5. The van der Waals surface area contributed by atoms with Crippen LogP contribution in [0, 0.1) is 10.1 Å². The number of hydrogen-bond acceptors (Lipinski definition) is 4. The van der Waals surface area contributed by atoms with Crippen LogP contribution in [-0.2, 0) is 0 Å². The van der Waals surface area contributed by atoms with Gasteiger partial charge in [0.25, 0.3) is 5.69 Å². The molecule has 1 aromatic heterocycles. The van der Waals surface area contributed by atoms with E-state index in [0.717, 1.165) is 5.69 Å². The van der Waals surface area contributed by atoms with Crippen molar-refractivity contribution in [3.63, 3.8) is 0 Å². The zero-order chi connectivity index (χ0) is 16.4. The van der Waals surface area contributed by atoms with Crippen molar-refractivity contribution < 1.29 is 9.72 Å². The maximum Gasteiger partial charge on any atom is 0.270 e. The lowest BCUT2D eigenvalue weighted by molar-refractivity contribution is -0.384. The van der Waals surface area contributed by atoms with Crippen LogP contribution in [0.3, 0.4) is 0 Å². The number of aldehydes is 1. The summed E-state index contributed by atoms with van der Waals surface area (Å²) in [6, 6.07) is 13.0. The van der Waals surface area contributed by atoms with Crippen LogP contribution in [0.2, 0.25) is 5.02 Å². The van der Waals surface area contributed by atoms with Gasteiger partial charge in [0.1, 0.15) is 5.69 Å². The number of hydrogen-bond donors (Lipinski definition) is 0. The Morgan fingerprint density at radius 1 is 1.17 bits per heavy atom. The molecule has 0 saturated carbocycles. The Morgan fingerprint density at radius 2 is 1.91 bits per heavy atom. The standard InChI is InChI=1S/C16H10ClN3O3/c17-13-4-6-14(7-5-13)19-9-12(10-21)16(18-19)11-2-1-3-15(8-11)20(22)23/h1-10H. The highest BCUT2D eigenvalue weighted by molar-refractivity contribution is 6.30. The smallest absolute Gasteiger partial charge is 0.270 e. The number of nitro groups is 1. The van der Waals surface area contributed by atoms with E-state index in [1.54, 1.807) is 42.6 Å². The molecule has 3 rings (SSSR count). The minimum atomic E-state index is -0.486. The van der Waals surface area contributed by atoms with Crippen molar-refractivity contribution in [1.82, 2.24) is 9.78 Å². The van der Waals surface area contributed by atoms with E-state index in [4.69, 9.17) is 11.6 Å². The van der Waals surface area contributed by atoms with Crippen LogP contribution in [0.15, 0.2) is 54.7 Å². The number of rotatable bonds is 4. The Labute approximate surface area is 136 Å². The molecular formula is C16H10ClN3O3. The zero-order valence-corrected chi connectivity index (χ0v) is 12.5. The van der Waals surface area contributed by atoms with E-state index < -0.39 is 4.92 Å². The van der Waals surface area contributed by atoms with Crippen molar-refractivity contribution in [1.29, 1.82) is 0 Å². The highest BCUT2D eigenvalue weighted by Crippen LogP contribution is 2.26. The van der Waals surface area contributed by atoms with E-state index in [2.05, 4.69) is 5.10 Å². The molecule has 2 aromatic carbocycles. The summed E-state index contributed by atoms with van der Waals surface area (Å²) in [6.45, 7) is 0. The van der Waals surface area contributed by atoms with Crippen LogP contribution in [-0.4, -0.2) is 21.0 Å². The Kier molecular flexibility index (Phi) is 3.91. The summed E-state index contributed by atoms with van der Waals surface area (Å²) in [5.74, 6) is 0. The average molecular weight is 328 g/mol. The second-order valence-corrected chi connectivity index (χ2v) is 5.22. The molecule has 0 radical (unpaired) electrons. The quantitative estimate of drug-likeness (QED) is 0.413. The maximum atomic E-state index is 11.3. The topological polar surface area (TPSA) is 78.0 Å². The van der Waals surface area contributed by atoms with Crippen molar-refractivity contribution in [2.45, 2.75) is 0 Å². The molecule has 1 heterocycles. The largest absolute Gasteiger partial charge is 0.298 e. The minimum Gasteiger partial charge on any atom is -0.298 e. The molecule has 0 unspecified atom stereocenters. The number of benzene rings is 2. The molecule has 0 aliphatic carbocycles. The van der Waals surface area contributed by atoms with Gasteiger partial charge in [-0.1, -0.05) is 23.7 Å². The fourth-order valence-corrected chi connectivity index (χ4v) is 2.32. The second kappa shape index (κ2) is 6.02. The molecule has 0 atom stereocenters. The molecule has 0 fully saturated rings. The molecule has 0 aliphatic heterocycles. The number of aromatic nitrogens is 2. The summed E-state index contributed by atoms with van der Waals surface area (Å²) in [4.78, 5) is 21.7. The van der Waals surface area contributed by atoms with Gasteiger partial charge in [-0.15, -0.1) is 0 Å². The van der Waals surface area contributed by atoms with Crippen molar-refractivity contribution in [3.05, 3.63) is 75.4 Å². The highest BCUT2D eigenvalue weighted by Gasteiger charge is 2.14. The van der Waals surface area contributed by atoms with Crippen LogP contribution in [0.5, 0.6) is 0 Å². The van der Waals surface area contributed by atoms with E-state index >= 15 is 0 Å². The second-order valence-electron chi connectivity index (χ2n) is 4.78. The lowest BCUT2D eigenvalue weighted by Gasteiger charge is -2.01. The SMILES string of the molecule is O=Cc1cn(-c2ccc(Cl)cc2)nc1-c1cccc([N+](=O)[O-])c1. The van der Waals surface area contributed by atoms with Gasteiger partial charge in [-0.05, 0) is 24.3 Å². The van der Waals surface area contributed by atoms with E-state index in [1.165, 1.54) is 16.8 Å². The molecule has 0 aliphatic rings. The molecule has 7 heteroatoms. The molecule has 0 saturated heterocycles. The van der Waals surface area contributed by atoms with Crippen molar-refractivity contribution in [2.75, 3.05) is 0 Å². The fraction of sp³-hybridized carbons (Fsp3) is 0. The molecule has 6 nitrogen and oxygen atoms in total. The molecule has 0 amide bonds. The first-order valence-corrected chi connectivity index (χ1v) is 7.02. The number of carbonyl (C=O) groups is 1. The summed E-state index contributed by atoms with van der Waals surface area (Å²) >= 11 is 5.86. The number of nitro benzene ring substituents is 1. The molecular weight excluding hydrogens is 318 g/mol. The fourth-order valence-electron chi connectivity index (χ4n) is 2.19. The number of nitrogens with zero attached hydrogens (tertiary/aromatic N) is 3. The van der Waals surface area contributed by atoms with Gasteiger partial charge >= 0.3 is 0 Å². The minimum absolute atomic E-state index is 0.0552. The van der Waals surface area contributed by atoms with Gasteiger partial charge in [0.2, 0.25) is 0 Å². The Hall–Kier alpha value is -2.99. The molecule has 0 bridgehead atoms. The predicted molar refractivity (Wildman–Crippen MR) is 86.1 cm³/mol. The van der Waals surface area contributed by atoms with Gasteiger partial charge in [0, 0.05) is 28.9 Å². The monoisotopic (exact) mass is 327 g/mol. The van der Waals surface area contributed by atoms with Crippen molar-refractivity contribution >= 4 is 23.6 Å². The number of carbonyl (C=O) groups excluding carboxylic acids is 1. The summed E-state index contributed by atoms with van der Waals surface area (Å²) in [6.07, 6.45) is 2.25. The number of non-ortho nitro benzene ring substituents is 1. The third-order valence-corrected chi connectivity index (χ3v) is 3.54. The predicted octanol–water partition coefficient (Wildman–Crippen LogP) is 3.91. The maximum absolute atomic E-state index is 11.3. The van der Waals surface area contributed by atoms with Gasteiger partial charge in [0.05, 0.1) is 16.2 Å². The molecule has 0 N–H and O–H groups in total.